The Morgan fingerprint density at radius 2 is 1.89 bits per heavy atom. The highest BCUT2D eigenvalue weighted by molar-refractivity contribution is 5.56. The van der Waals surface area contributed by atoms with E-state index < -0.39 is 0 Å². The summed E-state index contributed by atoms with van der Waals surface area (Å²) in [5.74, 6) is 1.26. The molecule has 144 valence electrons. The minimum Gasteiger partial charge on any atom is -0.323 e. The molecule has 3 aromatic rings. The Morgan fingerprint density at radius 3 is 2.71 bits per heavy atom. The van der Waals surface area contributed by atoms with Crippen molar-refractivity contribution in [3.8, 4) is 5.69 Å². The zero-order chi connectivity index (χ0) is 18.9. The molecule has 2 aliphatic rings. The van der Waals surface area contributed by atoms with E-state index in [1.165, 1.54) is 49.9 Å². The molecule has 1 aliphatic carbocycles. The van der Waals surface area contributed by atoms with E-state index in [-0.39, 0.29) is 0 Å². The van der Waals surface area contributed by atoms with Crippen LogP contribution in [0.4, 0.5) is 11.6 Å². The number of para-hydroxylation sites is 1. The number of benzene rings is 2. The van der Waals surface area contributed by atoms with Crippen LogP contribution in [0.15, 0.2) is 54.9 Å². The molecule has 1 saturated carbocycles. The third kappa shape index (κ3) is 3.80. The van der Waals surface area contributed by atoms with Crippen LogP contribution >= 0.6 is 0 Å². The molecule has 1 aliphatic heterocycles. The van der Waals surface area contributed by atoms with Gasteiger partial charge in [-0.25, -0.2) is 4.68 Å². The van der Waals surface area contributed by atoms with E-state index in [0.717, 1.165) is 17.4 Å². The predicted octanol–water partition coefficient (Wildman–Crippen LogP) is 4.66. The van der Waals surface area contributed by atoms with E-state index in [1.807, 2.05) is 30.3 Å². The van der Waals surface area contributed by atoms with Crippen LogP contribution in [-0.2, 0) is 0 Å². The second-order valence-electron chi connectivity index (χ2n) is 8.17. The van der Waals surface area contributed by atoms with Crippen LogP contribution in [0.2, 0.25) is 0 Å². The second kappa shape index (κ2) is 7.40. The first kappa shape index (κ1) is 17.4. The fourth-order valence-electron chi connectivity index (χ4n) is 4.33. The Kier molecular flexibility index (Phi) is 4.61. The van der Waals surface area contributed by atoms with Gasteiger partial charge < -0.3 is 5.32 Å². The highest BCUT2D eigenvalue weighted by Crippen LogP contribution is 2.35. The zero-order valence-electron chi connectivity index (χ0n) is 16.4. The summed E-state index contributed by atoms with van der Waals surface area (Å²) in [6.45, 7) is 4.65. The molecule has 5 heteroatoms. The van der Waals surface area contributed by atoms with Crippen LogP contribution in [0.5, 0.6) is 0 Å². The van der Waals surface area contributed by atoms with Gasteiger partial charge in [0.15, 0.2) is 0 Å². The standard InChI is InChI=1S/C23H27N5/c1-17-12-19(18-6-5-11-27(15-18)21-9-10-21)14-20(13-17)25-23-24-16-28(26-23)22-7-3-2-4-8-22/h2-4,7-8,12-14,16,18,21H,5-6,9-11,15H2,1H3,(H,25,26). The number of anilines is 2. The first-order valence-corrected chi connectivity index (χ1v) is 10.3. The molecule has 0 bridgehead atoms. The lowest BCUT2D eigenvalue weighted by Gasteiger charge is -2.33. The van der Waals surface area contributed by atoms with Crippen molar-refractivity contribution in [3.05, 3.63) is 66.0 Å². The lowest BCUT2D eigenvalue weighted by Crippen LogP contribution is -2.35. The van der Waals surface area contributed by atoms with Crippen LogP contribution in [0.1, 0.15) is 42.7 Å². The molecule has 0 amide bonds. The molecule has 2 fully saturated rings. The normalized spacial score (nSPS) is 20.2. The van der Waals surface area contributed by atoms with Gasteiger partial charge in [0.2, 0.25) is 5.95 Å². The molecule has 1 N–H and O–H groups in total. The van der Waals surface area contributed by atoms with Gasteiger partial charge in [-0.3, -0.25) is 4.90 Å². The molecule has 2 heterocycles. The molecular weight excluding hydrogens is 346 g/mol. The lowest BCUT2D eigenvalue weighted by molar-refractivity contribution is 0.199. The highest BCUT2D eigenvalue weighted by Gasteiger charge is 2.33. The number of hydrogen-bond donors (Lipinski definition) is 1. The SMILES string of the molecule is Cc1cc(Nc2ncn(-c3ccccc3)n2)cc(C2CCCN(C3CC3)C2)c1. The third-order valence-corrected chi connectivity index (χ3v) is 5.86. The van der Waals surface area contributed by atoms with Gasteiger partial charge in [-0.15, -0.1) is 5.10 Å². The fourth-order valence-corrected chi connectivity index (χ4v) is 4.33. The maximum Gasteiger partial charge on any atom is 0.246 e. The Labute approximate surface area is 166 Å². The summed E-state index contributed by atoms with van der Waals surface area (Å²) in [6.07, 6.45) is 7.13. The second-order valence-corrected chi connectivity index (χ2v) is 8.17. The van der Waals surface area contributed by atoms with Crippen LogP contribution < -0.4 is 5.32 Å². The van der Waals surface area contributed by atoms with Crippen LogP contribution in [0, 0.1) is 6.92 Å². The van der Waals surface area contributed by atoms with Gasteiger partial charge >= 0.3 is 0 Å². The Balaban J connectivity index is 1.34. The van der Waals surface area contributed by atoms with E-state index >= 15 is 0 Å². The molecule has 2 aromatic carbocycles. The highest BCUT2D eigenvalue weighted by atomic mass is 15.4. The summed E-state index contributed by atoms with van der Waals surface area (Å²) in [6, 6.07) is 17.7. The summed E-state index contributed by atoms with van der Waals surface area (Å²) < 4.78 is 1.80. The summed E-state index contributed by atoms with van der Waals surface area (Å²) in [5, 5.41) is 7.98. The molecule has 28 heavy (non-hydrogen) atoms. The quantitative estimate of drug-likeness (QED) is 0.706. The molecule has 1 aromatic heterocycles. The van der Waals surface area contributed by atoms with Gasteiger partial charge in [0.05, 0.1) is 5.69 Å². The summed E-state index contributed by atoms with van der Waals surface area (Å²) >= 11 is 0. The minimum absolute atomic E-state index is 0.628. The average Bonchev–Trinajstić information content (AvgIpc) is 3.48. The monoisotopic (exact) mass is 373 g/mol. The molecule has 0 spiro atoms. The van der Waals surface area contributed by atoms with Crippen molar-refractivity contribution in [2.45, 2.75) is 44.6 Å². The zero-order valence-corrected chi connectivity index (χ0v) is 16.4. The first-order valence-electron chi connectivity index (χ1n) is 10.3. The van der Waals surface area contributed by atoms with Crippen molar-refractivity contribution in [3.63, 3.8) is 0 Å². The van der Waals surface area contributed by atoms with Crippen molar-refractivity contribution in [1.29, 1.82) is 0 Å². The molecule has 1 atom stereocenters. The van der Waals surface area contributed by atoms with Crippen LogP contribution in [-0.4, -0.2) is 38.8 Å². The van der Waals surface area contributed by atoms with Gasteiger partial charge in [-0.05, 0) is 80.5 Å². The van der Waals surface area contributed by atoms with Crippen LogP contribution in [0.3, 0.4) is 0 Å². The van der Waals surface area contributed by atoms with E-state index in [2.05, 4.69) is 45.4 Å². The molecule has 5 rings (SSSR count). The van der Waals surface area contributed by atoms with Crippen LogP contribution in [0.25, 0.3) is 5.69 Å². The predicted molar refractivity (Wildman–Crippen MR) is 112 cm³/mol. The summed E-state index contributed by atoms with van der Waals surface area (Å²) in [5.41, 5.74) is 4.81. The molecular formula is C23H27N5. The van der Waals surface area contributed by atoms with E-state index in [9.17, 15) is 0 Å². The number of piperidine rings is 1. The maximum atomic E-state index is 4.58. The number of nitrogens with one attached hydrogen (secondary N) is 1. The Hall–Kier alpha value is -2.66. The van der Waals surface area contributed by atoms with Crippen molar-refractivity contribution in [1.82, 2.24) is 19.7 Å². The number of rotatable bonds is 5. The van der Waals surface area contributed by atoms with E-state index in [4.69, 9.17) is 0 Å². The summed E-state index contributed by atoms with van der Waals surface area (Å²) in [7, 11) is 0. The van der Waals surface area contributed by atoms with Gasteiger partial charge in [0.25, 0.3) is 0 Å². The van der Waals surface area contributed by atoms with E-state index in [1.54, 1.807) is 11.0 Å². The van der Waals surface area contributed by atoms with Gasteiger partial charge in [0, 0.05) is 18.3 Å². The number of aromatic nitrogens is 3. The lowest BCUT2D eigenvalue weighted by atomic mass is 9.89. The molecule has 1 saturated heterocycles. The number of hydrogen-bond acceptors (Lipinski definition) is 4. The van der Waals surface area contributed by atoms with E-state index in [0.29, 0.717) is 11.9 Å². The smallest absolute Gasteiger partial charge is 0.246 e. The van der Waals surface area contributed by atoms with Crippen molar-refractivity contribution in [2.24, 2.45) is 0 Å². The minimum atomic E-state index is 0.628. The topological polar surface area (TPSA) is 46.0 Å². The summed E-state index contributed by atoms with van der Waals surface area (Å²) in [4.78, 5) is 7.14. The van der Waals surface area contributed by atoms with Crippen molar-refractivity contribution >= 4 is 11.6 Å². The average molecular weight is 374 g/mol. The van der Waals surface area contributed by atoms with Gasteiger partial charge in [0.1, 0.15) is 6.33 Å². The van der Waals surface area contributed by atoms with Crippen molar-refractivity contribution < 1.29 is 0 Å². The first-order chi connectivity index (χ1) is 13.7. The molecule has 5 nitrogen and oxygen atoms in total. The van der Waals surface area contributed by atoms with Crippen molar-refractivity contribution in [2.75, 3.05) is 18.4 Å². The van der Waals surface area contributed by atoms with Gasteiger partial charge in [-0.1, -0.05) is 24.3 Å². The number of nitrogens with zero attached hydrogens (tertiary/aromatic N) is 4. The third-order valence-electron chi connectivity index (χ3n) is 5.86. The maximum absolute atomic E-state index is 4.58. The Bertz CT molecular complexity index is 945. The fraction of sp³-hybridized carbons (Fsp3) is 0.391. The number of aryl methyl sites for hydroxylation is 1. The number of likely N-dealkylation sites (tertiary alicyclic amines) is 1. The van der Waals surface area contributed by atoms with Gasteiger partial charge in [-0.2, -0.15) is 4.98 Å². The largest absolute Gasteiger partial charge is 0.323 e. The Morgan fingerprint density at radius 1 is 1.04 bits per heavy atom. The molecule has 0 radical (unpaired) electrons. The molecule has 1 unspecified atom stereocenters.